The fourth-order valence-corrected chi connectivity index (χ4v) is 2.05. The van der Waals surface area contributed by atoms with Crippen LogP contribution < -0.4 is 9.47 Å². The Morgan fingerprint density at radius 2 is 1.55 bits per heavy atom. The number of carbonyl (C=O) groups is 1. The van der Waals surface area contributed by atoms with Gasteiger partial charge in [0.05, 0.1) is 0 Å². The smallest absolute Gasteiger partial charge is 0.303 e. The monoisotopic (exact) mass is 300 g/mol. The molecule has 4 nitrogen and oxygen atoms in total. The number of hydrogen-bond donors (Lipinski definition) is 1. The van der Waals surface area contributed by atoms with Gasteiger partial charge in [-0.05, 0) is 37.1 Å². The van der Waals surface area contributed by atoms with Crippen molar-refractivity contribution >= 4 is 5.97 Å². The van der Waals surface area contributed by atoms with Crippen molar-refractivity contribution in [3.63, 3.8) is 0 Å². The molecule has 0 bridgehead atoms. The molecule has 0 amide bonds. The minimum atomic E-state index is -0.789. The van der Waals surface area contributed by atoms with Gasteiger partial charge in [0.25, 0.3) is 0 Å². The molecule has 0 aliphatic heterocycles. The van der Waals surface area contributed by atoms with Crippen LogP contribution in [0.15, 0.2) is 60.7 Å². The van der Waals surface area contributed by atoms with Crippen LogP contribution in [0.25, 0.3) is 0 Å². The molecule has 0 radical (unpaired) electrons. The lowest BCUT2D eigenvalue weighted by molar-refractivity contribution is -0.137. The first-order valence-corrected chi connectivity index (χ1v) is 7.35. The molecule has 0 fully saturated rings. The summed E-state index contributed by atoms with van der Waals surface area (Å²) < 4.78 is 11.6. The molecule has 2 aromatic rings. The van der Waals surface area contributed by atoms with E-state index in [2.05, 4.69) is 0 Å². The third-order valence-corrected chi connectivity index (χ3v) is 3.14. The highest BCUT2D eigenvalue weighted by Crippen LogP contribution is 2.16. The lowest BCUT2D eigenvalue weighted by Gasteiger charge is -2.19. The lowest BCUT2D eigenvalue weighted by Crippen LogP contribution is -2.25. The van der Waals surface area contributed by atoms with E-state index < -0.39 is 5.97 Å². The van der Waals surface area contributed by atoms with E-state index in [1.165, 1.54) is 0 Å². The first-order chi connectivity index (χ1) is 10.7. The largest absolute Gasteiger partial charge is 0.490 e. The molecule has 4 heteroatoms. The molecule has 0 saturated carbocycles. The Kier molecular flexibility index (Phi) is 6.30. The zero-order chi connectivity index (χ0) is 15.6. The summed E-state index contributed by atoms with van der Waals surface area (Å²) in [7, 11) is 0. The van der Waals surface area contributed by atoms with Crippen molar-refractivity contribution in [2.75, 3.05) is 6.61 Å². The van der Waals surface area contributed by atoms with Gasteiger partial charge in [-0.3, -0.25) is 4.79 Å². The summed E-state index contributed by atoms with van der Waals surface area (Å²) in [4.78, 5) is 10.6. The highest BCUT2D eigenvalue weighted by atomic mass is 16.5. The number of hydrogen-bond acceptors (Lipinski definition) is 3. The van der Waals surface area contributed by atoms with Crippen LogP contribution in [0, 0.1) is 0 Å². The summed E-state index contributed by atoms with van der Waals surface area (Å²) in [5.41, 5.74) is 0. The number of carboxylic acids is 1. The molecule has 0 spiro atoms. The van der Waals surface area contributed by atoms with Gasteiger partial charge < -0.3 is 14.6 Å². The molecule has 1 N–H and O–H groups in total. The SMILES string of the molecule is O=C(O)CCC[C@@H](COc1ccccc1)Oc1ccccc1. The van der Waals surface area contributed by atoms with E-state index in [-0.39, 0.29) is 12.5 Å². The maximum Gasteiger partial charge on any atom is 0.303 e. The van der Waals surface area contributed by atoms with Gasteiger partial charge in [-0.2, -0.15) is 0 Å². The molecule has 0 aliphatic carbocycles. The van der Waals surface area contributed by atoms with E-state index in [0.717, 1.165) is 11.5 Å². The first-order valence-electron chi connectivity index (χ1n) is 7.35. The van der Waals surface area contributed by atoms with E-state index in [0.29, 0.717) is 19.4 Å². The van der Waals surface area contributed by atoms with Crippen LogP contribution in [0.1, 0.15) is 19.3 Å². The number of ether oxygens (including phenoxy) is 2. The zero-order valence-corrected chi connectivity index (χ0v) is 12.4. The molecule has 2 aromatic carbocycles. The van der Waals surface area contributed by atoms with Crippen molar-refractivity contribution in [3.05, 3.63) is 60.7 Å². The van der Waals surface area contributed by atoms with Gasteiger partial charge in [0, 0.05) is 6.42 Å². The third kappa shape index (κ3) is 5.87. The summed E-state index contributed by atoms with van der Waals surface area (Å²) in [6, 6.07) is 19.0. The van der Waals surface area contributed by atoms with Gasteiger partial charge in [0.15, 0.2) is 0 Å². The molecule has 0 heterocycles. The fraction of sp³-hybridized carbons (Fsp3) is 0.278. The molecule has 0 aromatic heterocycles. The van der Waals surface area contributed by atoms with E-state index in [9.17, 15) is 4.79 Å². The fourth-order valence-electron chi connectivity index (χ4n) is 2.05. The molecule has 22 heavy (non-hydrogen) atoms. The predicted octanol–water partition coefficient (Wildman–Crippen LogP) is 3.77. The second kappa shape index (κ2) is 8.72. The van der Waals surface area contributed by atoms with Crippen molar-refractivity contribution in [2.24, 2.45) is 0 Å². The van der Waals surface area contributed by atoms with Gasteiger partial charge in [-0.15, -0.1) is 0 Å². The van der Waals surface area contributed by atoms with Crippen LogP contribution in [0.5, 0.6) is 11.5 Å². The summed E-state index contributed by atoms with van der Waals surface area (Å²) in [6.07, 6.45) is 1.15. The Bertz CT molecular complexity index is 554. The highest BCUT2D eigenvalue weighted by Gasteiger charge is 2.13. The molecule has 1 atom stereocenters. The van der Waals surface area contributed by atoms with Gasteiger partial charge in [0.2, 0.25) is 0 Å². The maximum atomic E-state index is 10.6. The minimum Gasteiger partial charge on any atom is -0.490 e. The topological polar surface area (TPSA) is 55.8 Å². The average molecular weight is 300 g/mol. The lowest BCUT2D eigenvalue weighted by atomic mass is 10.1. The Labute approximate surface area is 130 Å². The Morgan fingerprint density at radius 3 is 2.14 bits per heavy atom. The summed E-state index contributed by atoms with van der Waals surface area (Å²) in [6.45, 7) is 0.387. The van der Waals surface area contributed by atoms with Gasteiger partial charge >= 0.3 is 5.97 Å². The summed E-state index contributed by atoms with van der Waals surface area (Å²) >= 11 is 0. The van der Waals surface area contributed by atoms with Gasteiger partial charge in [-0.25, -0.2) is 0 Å². The quantitative estimate of drug-likeness (QED) is 0.766. The van der Waals surface area contributed by atoms with Crippen molar-refractivity contribution in [1.29, 1.82) is 0 Å². The van der Waals surface area contributed by atoms with E-state index in [1.807, 2.05) is 60.7 Å². The van der Waals surface area contributed by atoms with Crippen LogP contribution >= 0.6 is 0 Å². The molecular formula is C18H20O4. The second-order valence-electron chi connectivity index (χ2n) is 4.96. The number of carboxylic acid groups (broad SMARTS) is 1. The Balaban J connectivity index is 1.90. The number of aliphatic carboxylic acids is 1. The summed E-state index contributed by atoms with van der Waals surface area (Å²) in [5.74, 6) is 0.754. The van der Waals surface area contributed by atoms with Gasteiger partial charge in [0.1, 0.15) is 24.2 Å². The number of benzene rings is 2. The van der Waals surface area contributed by atoms with Gasteiger partial charge in [-0.1, -0.05) is 36.4 Å². The number of para-hydroxylation sites is 2. The molecule has 2 rings (SSSR count). The maximum absolute atomic E-state index is 10.6. The van der Waals surface area contributed by atoms with Crippen LogP contribution in [0.3, 0.4) is 0 Å². The predicted molar refractivity (Wildman–Crippen MR) is 84.3 cm³/mol. The van der Waals surface area contributed by atoms with Crippen LogP contribution in [0.2, 0.25) is 0 Å². The van der Waals surface area contributed by atoms with Crippen LogP contribution in [0.4, 0.5) is 0 Å². The first kappa shape index (κ1) is 15.9. The highest BCUT2D eigenvalue weighted by molar-refractivity contribution is 5.66. The Morgan fingerprint density at radius 1 is 0.955 bits per heavy atom. The standard InChI is InChI=1S/C18H20O4/c19-18(20)13-7-12-17(22-16-10-5-2-6-11-16)14-21-15-8-3-1-4-9-15/h1-6,8-11,17H,7,12-14H2,(H,19,20)/t17-/m0/s1. The van der Waals surface area contributed by atoms with E-state index in [4.69, 9.17) is 14.6 Å². The molecule has 0 unspecified atom stereocenters. The molecule has 0 saturated heterocycles. The molecule has 0 aliphatic rings. The minimum absolute atomic E-state index is 0.139. The Hall–Kier alpha value is -2.49. The summed E-state index contributed by atoms with van der Waals surface area (Å²) in [5, 5.41) is 8.75. The number of rotatable bonds is 9. The normalized spacial score (nSPS) is 11.6. The average Bonchev–Trinajstić information content (AvgIpc) is 2.54. The zero-order valence-electron chi connectivity index (χ0n) is 12.4. The van der Waals surface area contributed by atoms with Crippen molar-refractivity contribution < 1.29 is 19.4 Å². The van der Waals surface area contributed by atoms with Crippen LogP contribution in [-0.2, 0) is 4.79 Å². The second-order valence-corrected chi connectivity index (χ2v) is 4.96. The molecular weight excluding hydrogens is 280 g/mol. The van der Waals surface area contributed by atoms with Crippen molar-refractivity contribution in [3.8, 4) is 11.5 Å². The van der Waals surface area contributed by atoms with Crippen molar-refractivity contribution in [2.45, 2.75) is 25.4 Å². The van der Waals surface area contributed by atoms with E-state index in [1.54, 1.807) is 0 Å². The third-order valence-electron chi connectivity index (χ3n) is 3.14. The van der Waals surface area contributed by atoms with Crippen molar-refractivity contribution in [1.82, 2.24) is 0 Å². The van der Waals surface area contributed by atoms with Crippen LogP contribution in [-0.4, -0.2) is 23.8 Å². The van der Waals surface area contributed by atoms with E-state index >= 15 is 0 Å². The molecule has 116 valence electrons.